The van der Waals surface area contributed by atoms with Crippen LogP contribution in [0, 0.1) is 5.92 Å². The molecule has 1 aromatic rings. The maximum absolute atomic E-state index is 11.8. The molecule has 0 atom stereocenters. The summed E-state index contributed by atoms with van der Waals surface area (Å²) in [6.45, 7) is 0.243. The Balaban J connectivity index is 1.67. The van der Waals surface area contributed by atoms with E-state index in [4.69, 9.17) is 8.60 Å². The maximum Gasteiger partial charge on any atom is 0.287 e. The van der Waals surface area contributed by atoms with Crippen LogP contribution in [0.2, 0.25) is 0 Å². The van der Waals surface area contributed by atoms with Gasteiger partial charge in [-0.05, 0) is 50.2 Å². The minimum absolute atomic E-state index is 0.162. The van der Waals surface area contributed by atoms with Crippen LogP contribution in [0.3, 0.4) is 0 Å². The summed E-state index contributed by atoms with van der Waals surface area (Å²) in [7, 11) is -3.34. The molecule has 1 aliphatic rings. The molecular weight excluding hydrogens is 294 g/mol. The fourth-order valence-corrected chi connectivity index (χ4v) is 3.02. The van der Waals surface area contributed by atoms with Crippen molar-refractivity contribution in [1.29, 1.82) is 0 Å². The lowest BCUT2D eigenvalue weighted by molar-refractivity contribution is 0.0891. The lowest BCUT2D eigenvalue weighted by Gasteiger charge is -2.28. The quantitative estimate of drug-likeness (QED) is 0.811. The number of nitrogens with one attached hydrogen (secondary N) is 1. The third-order valence-corrected chi connectivity index (χ3v) is 4.35. The van der Waals surface area contributed by atoms with Crippen molar-refractivity contribution in [2.45, 2.75) is 38.1 Å². The first-order valence-corrected chi connectivity index (χ1v) is 8.94. The van der Waals surface area contributed by atoms with Gasteiger partial charge in [-0.1, -0.05) is 0 Å². The molecule has 0 bridgehead atoms. The average Bonchev–Trinajstić information content (AvgIpc) is 2.93. The van der Waals surface area contributed by atoms with Gasteiger partial charge in [0.2, 0.25) is 0 Å². The van der Waals surface area contributed by atoms with E-state index in [9.17, 15) is 13.2 Å². The topological polar surface area (TPSA) is 85.6 Å². The van der Waals surface area contributed by atoms with E-state index in [2.05, 4.69) is 5.32 Å². The third kappa shape index (κ3) is 5.51. The summed E-state index contributed by atoms with van der Waals surface area (Å²) in [6.07, 6.45) is 7.02. The Kier molecular flexibility index (Phi) is 5.41. The molecule has 21 heavy (non-hydrogen) atoms. The minimum Gasteiger partial charge on any atom is -0.459 e. The highest BCUT2D eigenvalue weighted by molar-refractivity contribution is 7.85. The van der Waals surface area contributed by atoms with Gasteiger partial charge < -0.3 is 9.73 Å². The summed E-state index contributed by atoms with van der Waals surface area (Å²) in [5.74, 6) is 0.617. The van der Waals surface area contributed by atoms with E-state index in [0.29, 0.717) is 11.7 Å². The Morgan fingerprint density at radius 1 is 1.38 bits per heavy atom. The molecule has 118 valence electrons. The monoisotopic (exact) mass is 315 g/mol. The maximum atomic E-state index is 11.8. The summed E-state index contributed by atoms with van der Waals surface area (Å²) in [5.41, 5.74) is 0. The third-order valence-electron chi connectivity index (χ3n) is 3.75. The van der Waals surface area contributed by atoms with E-state index in [1.54, 1.807) is 12.1 Å². The van der Waals surface area contributed by atoms with Crippen LogP contribution in [0.25, 0.3) is 0 Å². The van der Waals surface area contributed by atoms with E-state index in [-0.39, 0.29) is 18.6 Å². The van der Waals surface area contributed by atoms with Crippen molar-refractivity contribution in [1.82, 2.24) is 5.32 Å². The normalized spacial score (nSPS) is 22.9. The molecule has 7 heteroatoms. The van der Waals surface area contributed by atoms with Crippen molar-refractivity contribution in [3.05, 3.63) is 24.2 Å². The Labute approximate surface area is 125 Å². The van der Waals surface area contributed by atoms with E-state index in [1.807, 2.05) is 0 Å². The van der Waals surface area contributed by atoms with Crippen LogP contribution in [-0.4, -0.2) is 33.2 Å². The molecule has 1 amide bonds. The number of carbonyl (C=O) groups excluding carboxylic acids is 1. The van der Waals surface area contributed by atoms with Gasteiger partial charge in [0, 0.05) is 6.04 Å². The first-order chi connectivity index (χ1) is 9.94. The van der Waals surface area contributed by atoms with Gasteiger partial charge in [0.1, 0.15) is 0 Å². The number of furan rings is 1. The number of amides is 1. The second-order valence-electron chi connectivity index (χ2n) is 5.48. The standard InChI is InChI=1S/C14H21NO5S/c1-21(17,18)20-10-8-11-4-6-12(7-5-11)15-14(16)13-3-2-9-19-13/h2-3,9,11-12H,4-8,10H2,1H3,(H,15,16). The largest absolute Gasteiger partial charge is 0.459 e. The van der Waals surface area contributed by atoms with Gasteiger partial charge in [-0.3, -0.25) is 8.98 Å². The van der Waals surface area contributed by atoms with Crippen LogP contribution in [0.1, 0.15) is 42.7 Å². The van der Waals surface area contributed by atoms with Gasteiger partial charge in [0.05, 0.1) is 19.1 Å². The molecule has 1 aromatic heterocycles. The average molecular weight is 315 g/mol. The molecule has 1 heterocycles. The first-order valence-electron chi connectivity index (χ1n) is 7.13. The smallest absolute Gasteiger partial charge is 0.287 e. The highest BCUT2D eigenvalue weighted by Crippen LogP contribution is 2.27. The second-order valence-corrected chi connectivity index (χ2v) is 7.13. The SMILES string of the molecule is CS(=O)(=O)OCCC1CCC(NC(=O)c2ccco2)CC1. The molecule has 1 fully saturated rings. The molecule has 1 N–H and O–H groups in total. The van der Waals surface area contributed by atoms with Crippen LogP contribution in [-0.2, 0) is 14.3 Å². The van der Waals surface area contributed by atoms with Crippen molar-refractivity contribution in [3.8, 4) is 0 Å². The molecule has 0 unspecified atom stereocenters. The van der Waals surface area contributed by atoms with Gasteiger partial charge in [-0.25, -0.2) is 0 Å². The molecule has 1 saturated carbocycles. The number of carbonyl (C=O) groups is 1. The number of hydrogen-bond donors (Lipinski definition) is 1. The van der Waals surface area contributed by atoms with E-state index in [0.717, 1.165) is 38.4 Å². The zero-order valence-electron chi connectivity index (χ0n) is 12.1. The molecule has 2 rings (SSSR count). The Bertz CT molecular complexity index is 544. The number of rotatable bonds is 6. The molecule has 0 saturated heterocycles. The molecule has 0 aliphatic heterocycles. The summed E-state index contributed by atoms with van der Waals surface area (Å²) >= 11 is 0. The van der Waals surface area contributed by atoms with E-state index < -0.39 is 10.1 Å². The summed E-state index contributed by atoms with van der Waals surface area (Å²) in [6, 6.07) is 3.49. The Hall–Kier alpha value is -1.34. The predicted molar refractivity (Wildman–Crippen MR) is 77.3 cm³/mol. The molecule has 0 aromatic carbocycles. The van der Waals surface area contributed by atoms with Crippen molar-refractivity contribution >= 4 is 16.0 Å². The predicted octanol–water partition coefficient (Wildman–Crippen LogP) is 1.93. The summed E-state index contributed by atoms with van der Waals surface area (Å²) in [5, 5.41) is 2.96. The van der Waals surface area contributed by atoms with Gasteiger partial charge in [-0.15, -0.1) is 0 Å². The van der Waals surface area contributed by atoms with E-state index in [1.165, 1.54) is 6.26 Å². The summed E-state index contributed by atoms with van der Waals surface area (Å²) in [4.78, 5) is 11.8. The van der Waals surface area contributed by atoms with Crippen LogP contribution < -0.4 is 5.32 Å². The fraction of sp³-hybridized carbons (Fsp3) is 0.643. The lowest BCUT2D eigenvalue weighted by Crippen LogP contribution is -2.37. The Morgan fingerprint density at radius 2 is 2.10 bits per heavy atom. The van der Waals surface area contributed by atoms with Crippen LogP contribution in [0.15, 0.2) is 22.8 Å². The fourth-order valence-electron chi connectivity index (χ4n) is 2.63. The van der Waals surface area contributed by atoms with Crippen molar-refractivity contribution in [2.24, 2.45) is 5.92 Å². The molecular formula is C14H21NO5S. The zero-order chi connectivity index (χ0) is 15.3. The molecule has 1 aliphatic carbocycles. The first kappa shape index (κ1) is 16.0. The number of hydrogen-bond acceptors (Lipinski definition) is 5. The molecule has 0 spiro atoms. The van der Waals surface area contributed by atoms with Crippen LogP contribution in [0.5, 0.6) is 0 Å². The van der Waals surface area contributed by atoms with Gasteiger partial charge in [0.15, 0.2) is 5.76 Å². The van der Waals surface area contributed by atoms with E-state index >= 15 is 0 Å². The highest BCUT2D eigenvalue weighted by atomic mass is 32.2. The van der Waals surface area contributed by atoms with Crippen LogP contribution >= 0.6 is 0 Å². The lowest BCUT2D eigenvalue weighted by atomic mass is 9.84. The van der Waals surface area contributed by atoms with Crippen molar-refractivity contribution < 1.29 is 21.8 Å². The van der Waals surface area contributed by atoms with Crippen molar-refractivity contribution in [2.75, 3.05) is 12.9 Å². The highest BCUT2D eigenvalue weighted by Gasteiger charge is 2.23. The Morgan fingerprint density at radius 3 is 2.67 bits per heavy atom. The summed E-state index contributed by atoms with van der Waals surface area (Å²) < 4.78 is 31.6. The van der Waals surface area contributed by atoms with Gasteiger partial charge in [-0.2, -0.15) is 8.42 Å². The minimum atomic E-state index is -3.34. The zero-order valence-corrected chi connectivity index (χ0v) is 12.9. The van der Waals surface area contributed by atoms with Crippen LogP contribution in [0.4, 0.5) is 0 Å². The van der Waals surface area contributed by atoms with Gasteiger partial charge in [0.25, 0.3) is 16.0 Å². The molecule has 0 radical (unpaired) electrons. The second kappa shape index (κ2) is 7.09. The van der Waals surface area contributed by atoms with Gasteiger partial charge >= 0.3 is 0 Å². The van der Waals surface area contributed by atoms with Crippen molar-refractivity contribution in [3.63, 3.8) is 0 Å². The molecule has 6 nitrogen and oxygen atoms in total.